The van der Waals surface area contributed by atoms with Crippen molar-refractivity contribution >= 4 is 53.3 Å². The van der Waals surface area contributed by atoms with Gasteiger partial charge in [-0.25, -0.2) is 8.42 Å². The summed E-state index contributed by atoms with van der Waals surface area (Å²) >= 11 is 5.80. The molecule has 0 heterocycles. The molecule has 88 valence electrons. The van der Waals surface area contributed by atoms with Crippen molar-refractivity contribution in [3.05, 3.63) is 32.8 Å². The van der Waals surface area contributed by atoms with Crippen LogP contribution in [0, 0.1) is 10.1 Å². The Morgan fingerprint density at radius 3 is 2.56 bits per heavy atom. The molecule has 0 saturated carbocycles. The summed E-state index contributed by atoms with van der Waals surface area (Å²) in [5.74, 6) is 0. The average molecular weight is 374 g/mol. The fourth-order valence-corrected chi connectivity index (χ4v) is 2.20. The van der Waals surface area contributed by atoms with Crippen molar-refractivity contribution in [1.82, 2.24) is 0 Å². The summed E-state index contributed by atoms with van der Waals surface area (Å²) in [7, 11) is -3.50. The van der Waals surface area contributed by atoms with Gasteiger partial charge in [0, 0.05) is 6.07 Å². The molecule has 1 N–H and O–H groups in total. The average Bonchev–Trinajstić information content (AvgIpc) is 2.20. The predicted octanol–water partition coefficient (Wildman–Crippen LogP) is 2.45. The molecule has 0 aliphatic heterocycles. The number of rotatable bonds is 4. The molecule has 0 fully saturated rings. The number of nitro groups is 1. The highest BCUT2D eigenvalue weighted by Crippen LogP contribution is 2.28. The maximum Gasteiger partial charge on any atom is 0.285 e. The van der Waals surface area contributed by atoms with Gasteiger partial charge in [0.25, 0.3) is 5.69 Å². The molecule has 0 atom stereocenters. The number of nitrogens with one attached hydrogen (secondary N) is 1. The fraction of sp³-hybridized carbons (Fsp3) is 0.143. The van der Waals surface area contributed by atoms with E-state index >= 15 is 0 Å². The summed E-state index contributed by atoms with van der Waals surface area (Å²) < 4.78 is 24.6. The number of anilines is 1. The van der Waals surface area contributed by atoms with Crippen molar-refractivity contribution < 1.29 is 13.3 Å². The predicted molar refractivity (Wildman–Crippen MR) is 67.1 cm³/mol. The zero-order chi connectivity index (χ0) is 12.3. The number of nitrogens with zero attached hydrogens (tertiary/aromatic N) is 1. The van der Waals surface area contributed by atoms with E-state index in [0.717, 1.165) is 6.07 Å². The summed E-state index contributed by atoms with van der Waals surface area (Å²) in [5, 5.41) is 10.6. The van der Waals surface area contributed by atoms with Crippen LogP contribution in [0.5, 0.6) is 0 Å². The second-order valence-corrected chi connectivity index (χ2v) is 6.63. The van der Waals surface area contributed by atoms with Gasteiger partial charge in [0.2, 0.25) is 10.0 Å². The lowest BCUT2D eigenvalue weighted by Crippen LogP contribution is -2.13. The molecule has 0 aliphatic rings. The van der Waals surface area contributed by atoms with Crippen LogP contribution < -0.4 is 4.72 Å². The van der Waals surface area contributed by atoms with E-state index in [1.54, 1.807) is 0 Å². The third kappa shape index (κ3) is 3.42. The van der Waals surface area contributed by atoms with Crippen molar-refractivity contribution in [2.45, 2.75) is 0 Å². The summed E-state index contributed by atoms with van der Waals surface area (Å²) in [6.45, 7) is 0. The summed E-state index contributed by atoms with van der Waals surface area (Å²) in [6.07, 6.45) is 0. The minimum absolute atomic E-state index is 0.148. The highest BCUT2D eigenvalue weighted by Gasteiger charge is 2.15. The van der Waals surface area contributed by atoms with Gasteiger partial charge in [-0.2, -0.15) is 0 Å². The highest BCUT2D eigenvalue weighted by molar-refractivity contribution is 9.11. The monoisotopic (exact) mass is 372 g/mol. The number of benzene rings is 1. The van der Waals surface area contributed by atoms with Crippen LogP contribution in [-0.2, 0) is 10.0 Å². The molecule has 6 nitrogen and oxygen atoms in total. The van der Waals surface area contributed by atoms with Crippen molar-refractivity contribution in [3.63, 3.8) is 0 Å². The van der Waals surface area contributed by atoms with Gasteiger partial charge >= 0.3 is 0 Å². The molecule has 0 bridgehead atoms. The van der Waals surface area contributed by atoms with E-state index in [0.29, 0.717) is 4.47 Å². The zero-order valence-corrected chi connectivity index (χ0v) is 11.7. The van der Waals surface area contributed by atoms with Gasteiger partial charge < -0.3 is 0 Å². The first-order valence-corrected chi connectivity index (χ1v) is 7.43. The van der Waals surface area contributed by atoms with Crippen LogP contribution >= 0.6 is 31.9 Å². The smallest absolute Gasteiger partial charge is 0.283 e. The van der Waals surface area contributed by atoms with Crippen molar-refractivity contribution in [2.24, 2.45) is 0 Å². The van der Waals surface area contributed by atoms with Gasteiger partial charge in [-0.15, -0.1) is 0 Å². The zero-order valence-electron chi connectivity index (χ0n) is 7.68. The molecule has 0 aliphatic carbocycles. The largest absolute Gasteiger partial charge is 0.285 e. The second-order valence-electron chi connectivity index (χ2n) is 2.75. The Hall–Kier alpha value is -0.670. The molecule has 1 aromatic carbocycles. The third-order valence-corrected chi connectivity index (χ3v) is 4.87. The summed E-state index contributed by atoms with van der Waals surface area (Å²) in [5.41, 5.74) is -0.0517. The Morgan fingerprint density at radius 2 is 2.06 bits per heavy atom. The molecule has 1 rings (SSSR count). The molecule has 0 aromatic heterocycles. The van der Waals surface area contributed by atoms with Gasteiger partial charge in [0.1, 0.15) is 4.66 Å². The van der Waals surface area contributed by atoms with E-state index in [9.17, 15) is 18.5 Å². The Kier molecular flexibility index (Phi) is 4.28. The SMILES string of the molecule is O=[N+]([O-])c1cc(NS(=O)(=O)CBr)ccc1Br. The van der Waals surface area contributed by atoms with Crippen LogP contribution in [0.4, 0.5) is 11.4 Å². The van der Waals surface area contributed by atoms with Gasteiger partial charge in [0.05, 0.1) is 15.1 Å². The molecule has 0 amide bonds. The van der Waals surface area contributed by atoms with Gasteiger partial charge in [-0.05, 0) is 28.1 Å². The van der Waals surface area contributed by atoms with E-state index in [-0.39, 0.29) is 16.0 Å². The second kappa shape index (κ2) is 5.11. The molecule has 0 radical (unpaired) electrons. The number of nitro benzene ring substituents is 1. The van der Waals surface area contributed by atoms with E-state index in [4.69, 9.17) is 0 Å². The molecular formula is C7H6Br2N2O4S. The third-order valence-electron chi connectivity index (χ3n) is 1.56. The van der Waals surface area contributed by atoms with Crippen LogP contribution in [0.1, 0.15) is 0 Å². The van der Waals surface area contributed by atoms with E-state index in [1.807, 2.05) is 0 Å². The lowest BCUT2D eigenvalue weighted by atomic mass is 10.3. The first kappa shape index (κ1) is 13.4. The Balaban J connectivity index is 3.09. The Morgan fingerprint density at radius 1 is 1.44 bits per heavy atom. The van der Waals surface area contributed by atoms with Gasteiger partial charge in [-0.3, -0.25) is 14.8 Å². The molecule has 0 saturated heterocycles. The maximum absolute atomic E-state index is 11.2. The van der Waals surface area contributed by atoms with E-state index in [2.05, 4.69) is 36.6 Å². The minimum atomic E-state index is -3.50. The van der Waals surface area contributed by atoms with Crippen LogP contribution in [0.15, 0.2) is 22.7 Å². The lowest BCUT2D eigenvalue weighted by molar-refractivity contribution is -0.385. The van der Waals surface area contributed by atoms with Gasteiger partial charge in [0.15, 0.2) is 0 Å². The van der Waals surface area contributed by atoms with Crippen LogP contribution in [-0.4, -0.2) is 18.0 Å². The lowest BCUT2D eigenvalue weighted by Gasteiger charge is -2.05. The minimum Gasteiger partial charge on any atom is -0.283 e. The molecule has 1 aromatic rings. The Bertz CT molecular complexity index is 517. The quantitative estimate of drug-likeness (QED) is 0.498. The summed E-state index contributed by atoms with van der Waals surface area (Å²) in [6, 6.07) is 3.98. The molecule has 16 heavy (non-hydrogen) atoms. The van der Waals surface area contributed by atoms with E-state index in [1.165, 1.54) is 12.1 Å². The summed E-state index contributed by atoms with van der Waals surface area (Å²) in [4.78, 5) is 10.00. The first-order chi connectivity index (χ1) is 7.35. The van der Waals surface area contributed by atoms with Crippen molar-refractivity contribution in [2.75, 3.05) is 9.38 Å². The Labute approximate surface area is 108 Å². The van der Waals surface area contributed by atoms with Gasteiger partial charge in [-0.1, -0.05) is 15.9 Å². The normalized spacial score (nSPS) is 11.1. The van der Waals surface area contributed by atoms with Crippen molar-refractivity contribution in [3.8, 4) is 0 Å². The fourth-order valence-electron chi connectivity index (χ4n) is 0.923. The highest BCUT2D eigenvalue weighted by atomic mass is 79.9. The van der Waals surface area contributed by atoms with Crippen LogP contribution in [0.25, 0.3) is 0 Å². The van der Waals surface area contributed by atoms with Crippen molar-refractivity contribution in [1.29, 1.82) is 0 Å². The maximum atomic E-state index is 11.2. The van der Waals surface area contributed by atoms with Crippen LogP contribution in [0.3, 0.4) is 0 Å². The number of hydrogen-bond donors (Lipinski definition) is 1. The number of hydrogen-bond acceptors (Lipinski definition) is 4. The van der Waals surface area contributed by atoms with Crippen LogP contribution in [0.2, 0.25) is 0 Å². The molecule has 0 spiro atoms. The topological polar surface area (TPSA) is 89.3 Å². The number of alkyl halides is 1. The molecular weight excluding hydrogens is 368 g/mol. The number of sulfonamides is 1. The standard InChI is InChI=1S/C7H6Br2N2O4S/c8-4-16(14,15)10-5-1-2-6(9)7(3-5)11(12)13/h1-3,10H,4H2. The molecule has 9 heteroatoms. The van der Waals surface area contributed by atoms with E-state index < -0.39 is 14.9 Å². The molecule has 0 unspecified atom stereocenters. The first-order valence-electron chi connectivity index (χ1n) is 3.86. The number of halogens is 2.